The van der Waals surface area contributed by atoms with E-state index in [0.717, 1.165) is 38.9 Å². The topological polar surface area (TPSA) is 201 Å². The highest BCUT2D eigenvalue weighted by Crippen LogP contribution is 2.44. The number of hydrogen-bond acceptors (Lipinski definition) is 17. The van der Waals surface area contributed by atoms with E-state index in [9.17, 15) is 14.4 Å². The Kier molecular flexibility index (Phi) is 17.6. The molecule has 0 bridgehead atoms. The van der Waals surface area contributed by atoms with Crippen LogP contribution in [0.3, 0.4) is 0 Å². The van der Waals surface area contributed by atoms with Crippen LogP contribution in [0.5, 0.6) is 0 Å². The van der Waals surface area contributed by atoms with Crippen molar-refractivity contribution in [1.29, 1.82) is 0 Å². The molecule has 20 heteroatoms. The standard InChI is InChI=1S/C69H59N9O8S3/c1-44-40-54(78-66(70-44)73-60(75-78)65(82)85-59(47-30-16-7-17-31-47)48-32-18-8-19-33-48)87-41-49-42-88-63-56(62(80)77(63)57(49)64(81)84-58(45-26-12-5-13-27-45)46-28-14-6-15-29-46)72-61(79)55(76-86-68(2,3)83-4)53-43-89-67(71-53)74-69(50-34-20-9-21-35-50,51-36-22-10-23-37-51)52-38-24-11-25-39-52/h5-40,43,56,58-59,63H,41-42H2,1-4H3,(H,71,74)(H,72,79)/b76-55-/t56-,63-/m1/s1. The van der Waals surface area contributed by atoms with Crippen molar-refractivity contribution in [2.24, 2.45) is 5.16 Å². The number of carbonyl (C=O) groups excluding carboxylic acids is 4. The maximum absolute atomic E-state index is 15.2. The van der Waals surface area contributed by atoms with E-state index in [1.165, 1.54) is 51.4 Å². The molecule has 5 heterocycles. The second kappa shape index (κ2) is 26.3. The van der Waals surface area contributed by atoms with E-state index in [0.29, 0.717) is 21.4 Å². The Balaban J connectivity index is 0.849. The van der Waals surface area contributed by atoms with Gasteiger partial charge in [-0.3, -0.25) is 14.5 Å². The minimum absolute atomic E-state index is 0.0411. The molecule has 2 aliphatic rings. The molecule has 0 radical (unpaired) electrons. The lowest BCUT2D eigenvalue weighted by Crippen LogP contribution is -2.71. The first kappa shape index (κ1) is 59.6. The predicted octanol–water partition coefficient (Wildman–Crippen LogP) is 12.1. The van der Waals surface area contributed by atoms with Crippen molar-refractivity contribution in [3.8, 4) is 0 Å². The van der Waals surface area contributed by atoms with E-state index in [1.807, 2.05) is 176 Å². The van der Waals surface area contributed by atoms with Crippen LogP contribution in [0.15, 0.2) is 245 Å². The van der Waals surface area contributed by atoms with E-state index >= 15 is 4.79 Å². The van der Waals surface area contributed by atoms with Crippen LogP contribution in [0.2, 0.25) is 0 Å². The summed E-state index contributed by atoms with van der Waals surface area (Å²) in [5.41, 5.74) is 6.05. The number of hydrogen-bond donors (Lipinski definition) is 2. The maximum atomic E-state index is 15.2. The maximum Gasteiger partial charge on any atom is 0.379 e. The van der Waals surface area contributed by atoms with E-state index < -0.39 is 58.7 Å². The van der Waals surface area contributed by atoms with Crippen molar-refractivity contribution in [2.75, 3.05) is 23.9 Å². The summed E-state index contributed by atoms with van der Waals surface area (Å²) in [6, 6.07) is 68.4. The van der Waals surface area contributed by atoms with E-state index in [4.69, 9.17) is 24.0 Å². The van der Waals surface area contributed by atoms with Gasteiger partial charge in [-0.15, -0.1) is 40.0 Å². The smallest absolute Gasteiger partial charge is 0.379 e. The zero-order chi connectivity index (χ0) is 61.5. The highest BCUT2D eigenvalue weighted by Gasteiger charge is 2.55. The molecule has 0 saturated carbocycles. The minimum atomic E-state index is -1.27. The third-order valence-electron chi connectivity index (χ3n) is 15.1. The molecule has 0 unspecified atom stereocenters. The molecule has 446 valence electrons. The highest BCUT2D eigenvalue weighted by molar-refractivity contribution is 8.01. The van der Waals surface area contributed by atoms with Gasteiger partial charge in [0.1, 0.15) is 33.4 Å². The molecule has 1 fully saturated rings. The number of fused-ring (bicyclic) bond motifs is 2. The number of carbonyl (C=O) groups is 4. The number of esters is 2. The molecule has 2 amide bonds. The molecule has 2 aliphatic heterocycles. The van der Waals surface area contributed by atoms with Crippen LogP contribution in [0.4, 0.5) is 5.13 Å². The minimum Gasteiger partial charge on any atom is -0.448 e. The first-order chi connectivity index (χ1) is 43.4. The largest absolute Gasteiger partial charge is 0.448 e. The van der Waals surface area contributed by atoms with Gasteiger partial charge in [0.15, 0.2) is 23.1 Å². The number of rotatable bonds is 22. The Bertz CT molecular complexity index is 4040. The Morgan fingerprint density at radius 2 is 1.16 bits per heavy atom. The molecule has 10 aromatic rings. The molecule has 0 spiro atoms. The summed E-state index contributed by atoms with van der Waals surface area (Å²) < 4.78 is 19.7. The molecule has 12 rings (SSSR count). The number of thioether (sulfide) groups is 2. The zero-order valence-electron chi connectivity index (χ0n) is 48.7. The van der Waals surface area contributed by atoms with Crippen molar-refractivity contribution in [1.82, 2.24) is 34.8 Å². The van der Waals surface area contributed by atoms with Crippen LogP contribution in [-0.4, -0.2) is 94.7 Å². The van der Waals surface area contributed by atoms with Crippen LogP contribution >= 0.6 is 34.9 Å². The molecular formula is C69H59N9O8S3. The fraction of sp³-hybridized carbons (Fsp3) is 0.174. The summed E-state index contributed by atoms with van der Waals surface area (Å²) in [6.07, 6.45) is -1.59. The Hall–Kier alpha value is -9.73. The van der Waals surface area contributed by atoms with Crippen molar-refractivity contribution < 1.29 is 38.2 Å². The number of methoxy groups -OCH3 is 1. The van der Waals surface area contributed by atoms with Gasteiger partial charge in [0.25, 0.3) is 23.4 Å². The third-order valence-corrected chi connectivity index (χ3v) is 18.3. The zero-order valence-corrected chi connectivity index (χ0v) is 51.2. The molecule has 2 atom stereocenters. The quantitative estimate of drug-likeness (QED) is 0.00948. The molecule has 7 aromatic carbocycles. The molecule has 17 nitrogen and oxygen atoms in total. The summed E-state index contributed by atoms with van der Waals surface area (Å²) in [7, 11) is 1.46. The number of anilines is 1. The Morgan fingerprint density at radius 1 is 0.674 bits per heavy atom. The summed E-state index contributed by atoms with van der Waals surface area (Å²) in [6.45, 7) is 5.10. The summed E-state index contributed by atoms with van der Waals surface area (Å²) in [4.78, 5) is 80.6. The van der Waals surface area contributed by atoms with Crippen LogP contribution in [0.25, 0.3) is 5.78 Å². The fourth-order valence-corrected chi connectivity index (χ4v) is 13.9. The van der Waals surface area contributed by atoms with Gasteiger partial charge in [-0.25, -0.2) is 19.6 Å². The Labute approximate surface area is 526 Å². The highest BCUT2D eigenvalue weighted by atomic mass is 32.2. The predicted molar refractivity (Wildman–Crippen MR) is 343 cm³/mol. The molecule has 89 heavy (non-hydrogen) atoms. The average molecular weight is 1240 g/mol. The van der Waals surface area contributed by atoms with Gasteiger partial charge >= 0.3 is 11.9 Å². The molecule has 1 saturated heterocycles. The van der Waals surface area contributed by atoms with E-state index in [-0.39, 0.29) is 40.2 Å². The molecular weight excluding hydrogens is 1180 g/mol. The summed E-state index contributed by atoms with van der Waals surface area (Å²) >= 11 is 3.97. The van der Waals surface area contributed by atoms with Gasteiger partial charge < -0.3 is 29.7 Å². The Morgan fingerprint density at radius 3 is 1.65 bits per heavy atom. The number of benzene rings is 7. The number of thiazole rings is 1. The lowest BCUT2D eigenvalue weighted by molar-refractivity contribution is -0.197. The van der Waals surface area contributed by atoms with Gasteiger partial charge in [-0.05, 0) is 57.5 Å². The van der Waals surface area contributed by atoms with Crippen molar-refractivity contribution in [3.05, 3.63) is 291 Å². The van der Waals surface area contributed by atoms with Crippen LogP contribution in [0, 0.1) is 6.92 Å². The van der Waals surface area contributed by atoms with E-state index in [2.05, 4.69) is 67.3 Å². The fourth-order valence-electron chi connectivity index (χ4n) is 10.6. The van der Waals surface area contributed by atoms with Gasteiger partial charge in [0.2, 0.25) is 5.79 Å². The van der Waals surface area contributed by atoms with Crippen molar-refractivity contribution in [3.63, 3.8) is 0 Å². The number of nitrogens with zero attached hydrogens (tertiary/aromatic N) is 7. The molecule has 0 aliphatic carbocycles. The number of ether oxygens (including phenoxy) is 3. The lowest BCUT2D eigenvalue weighted by atomic mass is 9.77. The van der Waals surface area contributed by atoms with Gasteiger partial charge in [0, 0.05) is 43.5 Å². The van der Waals surface area contributed by atoms with Crippen LogP contribution < -0.4 is 10.6 Å². The first-order valence-electron chi connectivity index (χ1n) is 28.6. The lowest BCUT2D eigenvalue weighted by Gasteiger charge is -2.49. The number of aryl methyl sites for hydroxylation is 1. The van der Waals surface area contributed by atoms with Crippen molar-refractivity contribution >= 4 is 75.2 Å². The monoisotopic (exact) mass is 1240 g/mol. The number of β-lactam (4-membered cyclic amide) rings is 1. The number of oxime groups is 1. The van der Waals surface area contributed by atoms with Crippen molar-refractivity contribution in [2.45, 2.75) is 60.7 Å². The van der Waals surface area contributed by atoms with Crippen LogP contribution in [0.1, 0.15) is 87.0 Å². The molecule has 3 aromatic heterocycles. The summed E-state index contributed by atoms with van der Waals surface area (Å²) in [5, 5.41) is 17.7. The number of nitrogens with one attached hydrogen (secondary N) is 2. The summed E-state index contributed by atoms with van der Waals surface area (Å²) in [5.74, 6) is -3.68. The van der Waals surface area contributed by atoms with Gasteiger partial charge in [-0.2, -0.15) is 9.50 Å². The average Bonchev–Trinajstić information content (AvgIpc) is 1.73. The van der Waals surface area contributed by atoms with Crippen LogP contribution in [-0.2, 0) is 39.0 Å². The van der Waals surface area contributed by atoms with Gasteiger partial charge in [0.05, 0.1) is 0 Å². The molecule has 2 N–H and O–H groups in total. The SMILES string of the molecule is COC(C)(C)O/N=C(\C(=O)N[C@@H]1C(=O)N2C(C(=O)OC(c3ccccc3)c3ccccc3)=C(CSc3cc(C)nc4nc(C(=O)OC(c5ccccc5)c5ccccc5)nn34)CS[C@H]12)c1csc(NC(c2ccccc2)(c2ccccc2)c2ccccc2)n1. The first-order valence-corrected chi connectivity index (χ1v) is 31.5. The van der Waals surface area contributed by atoms with E-state index in [1.54, 1.807) is 32.2 Å². The second-order valence-electron chi connectivity index (χ2n) is 21.3. The number of amides is 2. The van der Waals surface area contributed by atoms with Gasteiger partial charge in [-0.1, -0.05) is 217 Å². The second-order valence-corrected chi connectivity index (χ2v) is 24.3. The number of aromatic nitrogens is 5. The normalized spacial score (nSPS) is 15.1. The third kappa shape index (κ3) is 12.7.